The lowest BCUT2D eigenvalue weighted by Gasteiger charge is -2.49. The number of carbonyl (C=O) groups is 3. The minimum atomic E-state index is -0.720. The van der Waals surface area contributed by atoms with E-state index in [1.165, 1.54) is 28.4 Å². The van der Waals surface area contributed by atoms with Crippen LogP contribution in [0.2, 0.25) is 0 Å². The van der Waals surface area contributed by atoms with Crippen LogP contribution in [0.15, 0.2) is 135 Å². The molecule has 0 radical (unpaired) electrons. The van der Waals surface area contributed by atoms with Gasteiger partial charge in [0.25, 0.3) is 5.91 Å². The summed E-state index contributed by atoms with van der Waals surface area (Å²) >= 11 is 6.45. The monoisotopic (exact) mass is 670 g/mol. The summed E-state index contributed by atoms with van der Waals surface area (Å²) in [6.45, 7) is 0. The van der Waals surface area contributed by atoms with Gasteiger partial charge in [0.2, 0.25) is 5.91 Å². The number of benzene rings is 4. The minimum Gasteiger partial charge on any atom is -0.448 e. The summed E-state index contributed by atoms with van der Waals surface area (Å²) in [4.78, 5) is 43.7. The van der Waals surface area contributed by atoms with Crippen molar-refractivity contribution in [2.45, 2.75) is 28.8 Å². The first-order chi connectivity index (χ1) is 21.0. The van der Waals surface area contributed by atoms with Crippen molar-refractivity contribution < 1.29 is 19.1 Å². The molecule has 0 aromatic heterocycles. The average molecular weight is 672 g/mol. The molecule has 1 N–H and O–H groups in total. The lowest BCUT2D eigenvalue weighted by molar-refractivity contribution is -0.154. The molecule has 1 saturated heterocycles. The SMILES string of the molecule is O=C(Cc1ccccc1)N[C@@H]1C(=O)N2C(C(=O)OC(c3ccccc3)c3ccccc3)=C(Sc3ccc(Br)cc3)CS[C@H]12. The molecule has 4 aromatic carbocycles. The normalized spacial score (nSPS) is 17.7. The molecule has 2 amide bonds. The topological polar surface area (TPSA) is 75.7 Å². The number of ether oxygens (including phenoxy) is 1. The Morgan fingerprint density at radius 2 is 1.47 bits per heavy atom. The molecule has 2 heterocycles. The van der Waals surface area contributed by atoms with Gasteiger partial charge < -0.3 is 10.1 Å². The number of fused-ring (bicyclic) bond motifs is 1. The highest BCUT2D eigenvalue weighted by molar-refractivity contribution is 9.10. The Balaban J connectivity index is 1.29. The van der Waals surface area contributed by atoms with Crippen LogP contribution in [0.5, 0.6) is 0 Å². The molecule has 2 atom stereocenters. The smallest absolute Gasteiger partial charge is 0.356 e. The molecule has 216 valence electrons. The van der Waals surface area contributed by atoms with Gasteiger partial charge in [-0.05, 0) is 41.0 Å². The third-order valence-corrected chi connectivity index (χ3v) is 10.2. The number of rotatable bonds is 9. The van der Waals surface area contributed by atoms with Gasteiger partial charge in [-0.2, -0.15) is 0 Å². The number of hydrogen-bond acceptors (Lipinski definition) is 6. The van der Waals surface area contributed by atoms with Gasteiger partial charge in [-0.15, -0.1) is 11.8 Å². The van der Waals surface area contributed by atoms with Gasteiger partial charge in [0.15, 0.2) is 6.10 Å². The van der Waals surface area contributed by atoms with Crippen molar-refractivity contribution in [3.05, 3.63) is 147 Å². The van der Waals surface area contributed by atoms with E-state index in [4.69, 9.17) is 4.74 Å². The molecule has 0 saturated carbocycles. The Kier molecular flexibility index (Phi) is 9.02. The van der Waals surface area contributed by atoms with E-state index in [9.17, 15) is 14.4 Å². The first kappa shape index (κ1) is 29.3. The highest BCUT2D eigenvalue weighted by Gasteiger charge is 2.54. The van der Waals surface area contributed by atoms with Crippen molar-refractivity contribution in [2.75, 3.05) is 5.75 Å². The Morgan fingerprint density at radius 3 is 2.07 bits per heavy atom. The van der Waals surface area contributed by atoms with E-state index in [2.05, 4.69) is 21.2 Å². The van der Waals surface area contributed by atoms with E-state index in [-0.39, 0.29) is 23.9 Å². The molecule has 2 aliphatic rings. The van der Waals surface area contributed by atoms with E-state index in [0.29, 0.717) is 5.75 Å². The number of thioether (sulfide) groups is 2. The maximum Gasteiger partial charge on any atom is 0.356 e. The zero-order valence-corrected chi connectivity index (χ0v) is 26.1. The van der Waals surface area contributed by atoms with Crippen LogP contribution in [0.25, 0.3) is 0 Å². The number of β-lactam (4-membered cyclic amide) rings is 1. The van der Waals surface area contributed by atoms with E-state index in [0.717, 1.165) is 31.0 Å². The van der Waals surface area contributed by atoms with E-state index in [1.807, 2.05) is 115 Å². The summed E-state index contributed by atoms with van der Waals surface area (Å²) in [5.74, 6) is -0.645. The summed E-state index contributed by atoms with van der Waals surface area (Å²) in [5, 5.41) is 2.49. The third kappa shape index (κ3) is 6.59. The average Bonchev–Trinajstić information content (AvgIpc) is 3.04. The summed E-state index contributed by atoms with van der Waals surface area (Å²) in [6.07, 6.45) is -0.486. The van der Waals surface area contributed by atoms with Crippen LogP contribution >= 0.6 is 39.5 Å². The fourth-order valence-corrected chi connectivity index (χ4v) is 7.79. The van der Waals surface area contributed by atoms with Gasteiger partial charge in [0.05, 0.1) is 6.42 Å². The summed E-state index contributed by atoms with van der Waals surface area (Å²) in [6, 6.07) is 35.6. The Morgan fingerprint density at radius 1 is 0.884 bits per heavy atom. The molecule has 6 rings (SSSR count). The van der Waals surface area contributed by atoms with Gasteiger partial charge in [-0.25, -0.2) is 4.79 Å². The second-order valence-corrected chi connectivity index (χ2v) is 13.2. The largest absolute Gasteiger partial charge is 0.448 e. The first-order valence-corrected chi connectivity index (χ1v) is 16.4. The fraction of sp³-hybridized carbons (Fsp3) is 0.147. The summed E-state index contributed by atoms with van der Waals surface area (Å²) in [7, 11) is 0. The third-order valence-electron chi connectivity index (χ3n) is 7.13. The minimum absolute atomic E-state index is 0.174. The number of hydrogen-bond donors (Lipinski definition) is 1. The van der Waals surface area contributed by atoms with Crippen LogP contribution in [0.1, 0.15) is 22.8 Å². The van der Waals surface area contributed by atoms with Crippen molar-refractivity contribution in [1.82, 2.24) is 10.2 Å². The maximum absolute atomic E-state index is 14.1. The van der Waals surface area contributed by atoms with Crippen molar-refractivity contribution in [3.63, 3.8) is 0 Å². The number of esters is 1. The highest BCUT2D eigenvalue weighted by Crippen LogP contribution is 2.46. The molecule has 2 aliphatic heterocycles. The van der Waals surface area contributed by atoms with Gasteiger partial charge in [0, 0.05) is 20.0 Å². The Hall–Kier alpha value is -3.79. The van der Waals surface area contributed by atoms with E-state index < -0.39 is 23.5 Å². The summed E-state index contributed by atoms with van der Waals surface area (Å²) < 4.78 is 7.19. The maximum atomic E-state index is 14.1. The molecular weight excluding hydrogens is 644 g/mol. The predicted molar refractivity (Wildman–Crippen MR) is 173 cm³/mol. The molecule has 6 nitrogen and oxygen atoms in total. The molecule has 43 heavy (non-hydrogen) atoms. The van der Waals surface area contributed by atoms with Crippen molar-refractivity contribution in [1.29, 1.82) is 0 Å². The molecular formula is C34H27BrN2O4S2. The number of carbonyl (C=O) groups excluding carboxylic acids is 3. The fourth-order valence-electron chi connectivity index (χ4n) is 5.06. The van der Waals surface area contributed by atoms with Gasteiger partial charge >= 0.3 is 5.97 Å². The standard InChI is InChI=1S/C34H27BrN2O4S2/c35-25-16-18-26(19-17-25)43-27-21-42-33-29(36-28(38)20-22-10-4-1-5-11-22)32(39)37(33)30(27)34(40)41-31(23-12-6-2-7-13-23)24-14-8-3-9-15-24/h1-19,29,31,33H,20-21H2,(H,36,38)/t29-,33-/m1/s1. The number of halogens is 1. The molecule has 0 spiro atoms. The predicted octanol–water partition coefficient (Wildman–Crippen LogP) is 6.73. The zero-order valence-electron chi connectivity index (χ0n) is 22.9. The lowest BCUT2D eigenvalue weighted by atomic mass is 10.0. The Bertz CT molecular complexity index is 1610. The van der Waals surface area contributed by atoms with Crippen LogP contribution in [-0.2, 0) is 25.5 Å². The summed E-state index contributed by atoms with van der Waals surface area (Å²) in [5.41, 5.74) is 2.75. The van der Waals surface area contributed by atoms with Crippen molar-refractivity contribution in [3.8, 4) is 0 Å². The molecule has 1 fully saturated rings. The number of nitrogens with zero attached hydrogens (tertiary/aromatic N) is 1. The molecule has 4 aromatic rings. The van der Waals surface area contributed by atoms with Crippen molar-refractivity contribution in [2.24, 2.45) is 0 Å². The second kappa shape index (κ2) is 13.2. The first-order valence-electron chi connectivity index (χ1n) is 13.7. The van der Waals surface area contributed by atoms with E-state index in [1.54, 1.807) is 0 Å². The lowest BCUT2D eigenvalue weighted by Crippen LogP contribution is -2.70. The van der Waals surface area contributed by atoms with Gasteiger partial charge in [0.1, 0.15) is 17.1 Å². The van der Waals surface area contributed by atoms with Crippen LogP contribution < -0.4 is 5.32 Å². The second-order valence-electron chi connectivity index (χ2n) is 10.1. The Labute approximate surface area is 267 Å². The van der Waals surface area contributed by atoms with Gasteiger partial charge in [-0.1, -0.05) is 119 Å². The molecule has 0 unspecified atom stereocenters. The van der Waals surface area contributed by atoms with Crippen LogP contribution in [-0.4, -0.2) is 39.9 Å². The molecule has 0 aliphatic carbocycles. The van der Waals surface area contributed by atoms with Crippen LogP contribution in [0.4, 0.5) is 0 Å². The van der Waals surface area contributed by atoms with Gasteiger partial charge in [-0.3, -0.25) is 14.5 Å². The molecule has 9 heteroatoms. The van der Waals surface area contributed by atoms with Crippen LogP contribution in [0, 0.1) is 0 Å². The van der Waals surface area contributed by atoms with Crippen molar-refractivity contribution >= 4 is 57.2 Å². The number of amides is 2. The zero-order chi connectivity index (χ0) is 29.8. The number of nitrogens with one attached hydrogen (secondary N) is 1. The quantitative estimate of drug-likeness (QED) is 0.157. The van der Waals surface area contributed by atoms with E-state index >= 15 is 0 Å². The highest BCUT2D eigenvalue weighted by atomic mass is 79.9. The van der Waals surface area contributed by atoms with Crippen LogP contribution in [0.3, 0.4) is 0 Å². The molecule has 0 bridgehead atoms.